The van der Waals surface area contributed by atoms with Crippen LogP contribution in [0.25, 0.3) is 0 Å². The summed E-state index contributed by atoms with van der Waals surface area (Å²) in [4.78, 5) is 17.3. The van der Waals surface area contributed by atoms with Crippen LogP contribution in [-0.2, 0) is 24.2 Å². The highest BCUT2D eigenvalue weighted by molar-refractivity contribution is 5.78. The van der Waals surface area contributed by atoms with Crippen molar-refractivity contribution in [2.45, 2.75) is 32.2 Å². The summed E-state index contributed by atoms with van der Waals surface area (Å²) in [6.45, 7) is 3.98. The first-order chi connectivity index (χ1) is 14.7. The topological polar surface area (TPSA) is 42.0 Å². The molecule has 1 saturated heterocycles. The maximum Gasteiger partial charge on any atom is 0.237 e. The Kier molecular flexibility index (Phi) is 6.58. The van der Waals surface area contributed by atoms with Gasteiger partial charge in [0.2, 0.25) is 5.91 Å². The van der Waals surface area contributed by atoms with Crippen molar-refractivity contribution in [1.82, 2.24) is 9.80 Å². The van der Waals surface area contributed by atoms with Gasteiger partial charge in [0.15, 0.2) is 11.5 Å². The van der Waals surface area contributed by atoms with Crippen LogP contribution >= 0.6 is 0 Å². The van der Waals surface area contributed by atoms with Gasteiger partial charge in [-0.3, -0.25) is 9.69 Å². The summed E-state index contributed by atoms with van der Waals surface area (Å²) in [6.07, 6.45) is 4.35. The van der Waals surface area contributed by atoms with Crippen molar-refractivity contribution in [3.8, 4) is 11.5 Å². The number of hydrogen-bond donors (Lipinski definition) is 0. The van der Waals surface area contributed by atoms with E-state index >= 15 is 0 Å². The van der Waals surface area contributed by atoms with Gasteiger partial charge in [0.25, 0.3) is 0 Å². The summed E-state index contributed by atoms with van der Waals surface area (Å²) >= 11 is 0. The number of fused-ring (bicyclic) bond motifs is 1. The van der Waals surface area contributed by atoms with E-state index in [1.807, 2.05) is 17.0 Å². The molecule has 0 unspecified atom stereocenters. The maximum absolute atomic E-state index is 13.0. The van der Waals surface area contributed by atoms with E-state index in [2.05, 4.69) is 35.2 Å². The first-order valence-corrected chi connectivity index (χ1v) is 10.9. The molecule has 0 aromatic heterocycles. The Morgan fingerprint density at radius 1 is 0.967 bits per heavy atom. The molecular formula is C25H32N2O3. The van der Waals surface area contributed by atoms with Gasteiger partial charge in [0.05, 0.1) is 20.8 Å². The Balaban J connectivity index is 1.29. The van der Waals surface area contributed by atoms with Crippen molar-refractivity contribution in [2.24, 2.45) is 5.92 Å². The number of amides is 1. The number of hydrogen-bond acceptors (Lipinski definition) is 4. The van der Waals surface area contributed by atoms with Gasteiger partial charge in [-0.1, -0.05) is 30.3 Å². The SMILES string of the molecule is COc1cc2c(cc1OC)CN(C(=O)CN1CCC(Cc3ccccc3)CC1)CC2. The first-order valence-electron chi connectivity index (χ1n) is 10.9. The maximum atomic E-state index is 13.0. The highest BCUT2D eigenvalue weighted by Gasteiger charge is 2.26. The zero-order valence-corrected chi connectivity index (χ0v) is 18.1. The van der Waals surface area contributed by atoms with Crippen LogP contribution in [0, 0.1) is 5.92 Å². The van der Waals surface area contributed by atoms with E-state index in [-0.39, 0.29) is 5.91 Å². The molecule has 2 aliphatic heterocycles. The molecule has 30 heavy (non-hydrogen) atoms. The molecule has 0 aliphatic carbocycles. The van der Waals surface area contributed by atoms with Crippen LogP contribution in [0.15, 0.2) is 42.5 Å². The van der Waals surface area contributed by atoms with Gasteiger partial charge in [-0.15, -0.1) is 0 Å². The molecule has 0 N–H and O–H groups in total. The minimum absolute atomic E-state index is 0.233. The van der Waals surface area contributed by atoms with Crippen molar-refractivity contribution < 1.29 is 14.3 Å². The minimum atomic E-state index is 0.233. The number of nitrogens with zero attached hydrogens (tertiary/aromatic N) is 2. The van der Waals surface area contributed by atoms with Gasteiger partial charge in [-0.2, -0.15) is 0 Å². The Bertz CT molecular complexity index is 860. The molecule has 160 valence electrons. The third-order valence-electron chi connectivity index (χ3n) is 6.50. The second-order valence-corrected chi connectivity index (χ2v) is 8.45. The molecule has 0 saturated carbocycles. The Morgan fingerprint density at radius 2 is 1.63 bits per heavy atom. The van der Waals surface area contributed by atoms with Crippen molar-refractivity contribution in [3.05, 3.63) is 59.2 Å². The predicted molar refractivity (Wildman–Crippen MR) is 118 cm³/mol. The zero-order valence-electron chi connectivity index (χ0n) is 18.1. The number of ether oxygens (including phenoxy) is 2. The van der Waals surface area contributed by atoms with E-state index in [1.54, 1.807) is 14.2 Å². The van der Waals surface area contributed by atoms with Crippen molar-refractivity contribution in [2.75, 3.05) is 40.4 Å². The van der Waals surface area contributed by atoms with Crippen LogP contribution < -0.4 is 9.47 Å². The largest absolute Gasteiger partial charge is 0.493 e. The Morgan fingerprint density at radius 3 is 2.30 bits per heavy atom. The lowest BCUT2D eigenvalue weighted by atomic mass is 9.90. The standard InChI is InChI=1S/C25H32N2O3/c1-29-23-15-21-10-13-27(17-22(21)16-24(23)30-2)25(28)18-26-11-8-20(9-12-26)14-19-6-4-3-5-7-19/h3-7,15-16,20H,8-14,17-18H2,1-2H3. The Hall–Kier alpha value is -2.53. The smallest absolute Gasteiger partial charge is 0.237 e. The van der Waals surface area contributed by atoms with Gasteiger partial charge in [-0.05, 0) is 73.5 Å². The highest BCUT2D eigenvalue weighted by atomic mass is 16.5. The molecule has 2 aliphatic rings. The third-order valence-corrected chi connectivity index (χ3v) is 6.50. The normalized spacial score (nSPS) is 17.5. The van der Waals surface area contributed by atoms with Gasteiger partial charge in [0, 0.05) is 13.1 Å². The van der Waals surface area contributed by atoms with Crippen LogP contribution in [0.3, 0.4) is 0 Å². The molecule has 2 aromatic carbocycles. The fourth-order valence-electron chi connectivity index (χ4n) is 4.68. The fraction of sp³-hybridized carbons (Fsp3) is 0.480. The molecule has 0 spiro atoms. The van der Waals surface area contributed by atoms with Crippen LogP contribution in [0.4, 0.5) is 0 Å². The summed E-state index contributed by atoms with van der Waals surface area (Å²) in [7, 11) is 3.31. The number of benzene rings is 2. The molecule has 5 nitrogen and oxygen atoms in total. The van der Waals surface area contributed by atoms with Crippen molar-refractivity contribution >= 4 is 5.91 Å². The average Bonchev–Trinajstić information content (AvgIpc) is 2.79. The number of carbonyl (C=O) groups excluding carboxylic acids is 1. The number of carbonyl (C=O) groups is 1. The fourth-order valence-corrected chi connectivity index (χ4v) is 4.68. The van der Waals surface area contributed by atoms with Gasteiger partial charge in [-0.25, -0.2) is 0 Å². The van der Waals surface area contributed by atoms with E-state index < -0.39 is 0 Å². The second kappa shape index (κ2) is 9.52. The molecular weight excluding hydrogens is 376 g/mol. The monoisotopic (exact) mass is 408 g/mol. The predicted octanol–water partition coefficient (Wildman–Crippen LogP) is 3.54. The molecule has 1 amide bonds. The quantitative estimate of drug-likeness (QED) is 0.733. The van der Waals surface area contributed by atoms with Gasteiger partial charge >= 0.3 is 0 Å². The number of rotatable bonds is 6. The molecule has 2 aromatic rings. The van der Waals surface area contributed by atoms with E-state index in [4.69, 9.17) is 9.47 Å². The van der Waals surface area contributed by atoms with Crippen LogP contribution in [-0.4, -0.2) is 56.1 Å². The van der Waals surface area contributed by atoms with Crippen LogP contribution in [0.1, 0.15) is 29.5 Å². The molecule has 0 radical (unpaired) electrons. The van der Waals surface area contributed by atoms with E-state index in [9.17, 15) is 4.79 Å². The molecule has 0 atom stereocenters. The summed E-state index contributed by atoms with van der Waals surface area (Å²) in [5.41, 5.74) is 3.83. The lowest BCUT2D eigenvalue weighted by Crippen LogP contribution is -2.45. The lowest BCUT2D eigenvalue weighted by molar-refractivity contribution is -0.133. The number of methoxy groups -OCH3 is 2. The zero-order chi connectivity index (χ0) is 20.9. The van der Waals surface area contributed by atoms with Crippen LogP contribution in [0.2, 0.25) is 0 Å². The number of piperidine rings is 1. The first kappa shape index (κ1) is 20.7. The molecule has 5 heteroatoms. The molecule has 2 heterocycles. The Labute approximate surface area is 179 Å². The summed E-state index contributed by atoms with van der Waals surface area (Å²) < 4.78 is 10.8. The van der Waals surface area contributed by atoms with Gasteiger partial charge < -0.3 is 14.4 Å². The van der Waals surface area contributed by atoms with E-state index in [1.165, 1.54) is 24.0 Å². The third kappa shape index (κ3) is 4.78. The van der Waals surface area contributed by atoms with Crippen LogP contribution in [0.5, 0.6) is 11.5 Å². The minimum Gasteiger partial charge on any atom is -0.493 e. The lowest BCUT2D eigenvalue weighted by Gasteiger charge is -2.35. The van der Waals surface area contributed by atoms with E-state index in [0.29, 0.717) is 13.1 Å². The van der Waals surface area contributed by atoms with Crippen molar-refractivity contribution in [3.63, 3.8) is 0 Å². The van der Waals surface area contributed by atoms with Crippen molar-refractivity contribution in [1.29, 1.82) is 0 Å². The number of likely N-dealkylation sites (tertiary alicyclic amines) is 1. The summed E-state index contributed by atoms with van der Waals surface area (Å²) in [5, 5.41) is 0. The van der Waals surface area contributed by atoms with Gasteiger partial charge in [0.1, 0.15) is 0 Å². The summed E-state index contributed by atoms with van der Waals surface area (Å²) in [5.74, 6) is 2.44. The summed E-state index contributed by atoms with van der Waals surface area (Å²) in [6, 6.07) is 14.8. The molecule has 0 bridgehead atoms. The van der Waals surface area contributed by atoms with E-state index in [0.717, 1.165) is 55.5 Å². The molecule has 4 rings (SSSR count). The highest BCUT2D eigenvalue weighted by Crippen LogP contribution is 2.33. The average molecular weight is 409 g/mol. The molecule has 1 fully saturated rings. The second-order valence-electron chi connectivity index (χ2n) is 8.45.